The monoisotopic (exact) mass is 236 g/mol. The second kappa shape index (κ2) is 7.60. The molecule has 0 aromatic heterocycles. The molecule has 0 fully saturated rings. The van der Waals surface area contributed by atoms with E-state index in [0.717, 1.165) is 5.56 Å². The van der Waals surface area contributed by atoms with Crippen LogP contribution < -0.4 is 0 Å². The Bertz CT molecular complexity index is 356. The summed E-state index contributed by atoms with van der Waals surface area (Å²) in [4.78, 5) is 11.5. The topological polar surface area (TPSA) is 44.8 Å². The molecule has 0 amide bonds. The third-order valence-electron chi connectivity index (χ3n) is 2.09. The lowest BCUT2D eigenvalue weighted by atomic mass is 10.1. The van der Waals surface area contributed by atoms with Crippen molar-refractivity contribution in [1.29, 1.82) is 0 Å². The summed E-state index contributed by atoms with van der Waals surface area (Å²) in [5, 5.41) is 0. The lowest BCUT2D eigenvalue weighted by Gasteiger charge is -2.05. The van der Waals surface area contributed by atoms with Gasteiger partial charge in [0.05, 0.1) is 18.8 Å². The number of ether oxygens (including phenoxy) is 3. The third kappa shape index (κ3) is 4.80. The summed E-state index contributed by atoms with van der Waals surface area (Å²) in [7, 11) is 1.58. The van der Waals surface area contributed by atoms with Gasteiger partial charge in [-0.1, -0.05) is 24.8 Å². The molecule has 0 radical (unpaired) electrons. The minimum Gasteiger partial charge on any atom is -0.435 e. The number of carbonyl (C=O) groups excluding carboxylic acids is 1. The number of rotatable bonds is 7. The number of hydrogen-bond acceptors (Lipinski definition) is 4. The van der Waals surface area contributed by atoms with Gasteiger partial charge in [0.25, 0.3) is 0 Å². The van der Waals surface area contributed by atoms with Crippen molar-refractivity contribution in [2.75, 3.05) is 27.1 Å². The maximum absolute atomic E-state index is 11.5. The van der Waals surface area contributed by atoms with Crippen molar-refractivity contribution in [3.63, 3.8) is 0 Å². The molecule has 0 aliphatic rings. The molecular formula is C13H16O4. The molecule has 0 atom stereocenters. The van der Waals surface area contributed by atoms with Crippen LogP contribution >= 0.6 is 0 Å². The van der Waals surface area contributed by atoms with E-state index in [1.54, 1.807) is 37.5 Å². The highest BCUT2D eigenvalue weighted by Crippen LogP contribution is 2.06. The van der Waals surface area contributed by atoms with Crippen molar-refractivity contribution in [3.05, 3.63) is 42.0 Å². The van der Waals surface area contributed by atoms with E-state index < -0.39 is 5.97 Å². The van der Waals surface area contributed by atoms with Crippen LogP contribution in [0.4, 0.5) is 0 Å². The first kappa shape index (κ1) is 13.4. The highest BCUT2D eigenvalue weighted by molar-refractivity contribution is 5.89. The van der Waals surface area contributed by atoms with Gasteiger partial charge in [0.2, 0.25) is 0 Å². The SMILES string of the molecule is C=Cc1ccc(C(=O)OCOCCOC)cc1. The molecule has 92 valence electrons. The lowest BCUT2D eigenvalue weighted by Crippen LogP contribution is -2.11. The third-order valence-corrected chi connectivity index (χ3v) is 2.09. The van der Waals surface area contributed by atoms with Gasteiger partial charge in [-0.15, -0.1) is 0 Å². The largest absolute Gasteiger partial charge is 0.435 e. The Labute approximate surface area is 101 Å². The van der Waals surface area contributed by atoms with Gasteiger partial charge in [-0.25, -0.2) is 4.79 Å². The van der Waals surface area contributed by atoms with Crippen LogP contribution in [0.5, 0.6) is 0 Å². The summed E-state index contributed by atoms with van der Waals surface area (Å²) in [5.41, 5.74) is 1.45. The van der Waals surface area contributed by atoms with Crippen LogP contribution in [0.1, 0.15) is 15.9 Å². The molecule has 0 heterocycles. The van der Waals surface area contributed by atoms with Crippen molar-refractivity contribution in [1.82, 2.24) is 0 Å². The highest BCUT2D eigenvalue weighted by atomic mass is 16.7. The minimum atomic E-state index is -0.405. The average Bonchev–Trinajstić information content (AvgIpc) is 2.38. The Morgan fingerprint density at radius 1 is 1.29 bits per heavy atom. The van der Waals surface area contributed by atoms with Gasteiger partial charge >= 0.3 is 5.97 Å². The molecule has 0 aliphatic heterocycles. The summed E-state index contributed by atoms with van der Waals surface area (Å²) in [6, 6.07) is 6.98. The van der Waals surface area contributed by atoms with Crippen LogP contribution in [-0.4, -0.2) is 33.1 Å². The van der Waals surface area contributed by atoms with Gasteiger partial charge in [0, 0.05) is 7.11 Å². The number of benzene rings is 1. The summed E-state index contributed by atoms with van der Waals surface area (Å²) >= 11 is 0. The van der Waals surface area contributed by atoms with Crippen LogP contribution in [0.3, 0.4) is 0 Å². The van der Waals surface area contributed by atoms with Gasteiger partial charge in [0.1, 0.15) is 0 Å². The van der Waals surface area contributed by atoms with E-state index in [2.05, 4.69) is 6.58 Å². The Kier molecular flexibility index (Phi) is 5.99. The molecule has 1 aromatic rings. The first-order valence-electron chi connectivity index (χ1n) is 5.24. The molecule has 4 heteroatoms. The molecule has 0 aliphatic carbocycles. The molecule has 17 heavy (non-hydrogen) atoms. The molecule has 0 saturated carbocycles. The zero-order valence-electron chi connectivity index (χ0n) is 9.85. The van der Waals surface area contributed by atoms with Gasteiger partial charge in [0.15, 0.2) is 6.79 Å². The zero-order valence-corrected chi connectivity index (χ0v) is 9.85. The van der Waals surface area contributed by atoms with E-state index in [9.17, 15) is 4.79 Å². The predicted molar refractivity (Wildman–Crippen MR) is 64.6 cm³/mol. The fraction of sp³-hybridized carbons (Fsp3) is 0.308. The molecule has 4 nitrogen and oxygen atoms in total. The Morgan fingerprint density at radius 3 is 2.59 bits per heavy atom. The fourth-order valence-electron chi connectivity index (χ4n) is 1.13. The predicted octanol–water partition coefficient (Wildman–Crippen LogP) is 2.11. The van der Waals surface area contributed by atoms with Gasteiger partial charge in [-0.2, -0.15) is 0 Å². The smallest absolute Gasteiger partial charge is 0.340 e. The number of hydrogen-bond donors (Lipinski definition) is 0. The van der Waals surface area contributed by atoms with E-state index in [1.165, 1.54) is 0 Å². The van der Waals surface area contributed by atoms with Crippen LogP contribution in [-0.2, 0) is 14.2 Å². The van der Waals surface area contributed by atoms with Gasteiger partial charge in [-0.3, -0.25) is 0 Å². The maximum atomic E-state index is 11.5. The number of carbonyl (C=O) groups is 1. The van der Waals surface area contributed by atoms with Crippen LogP contribution in [0.25, 0.3) is 6.08 Å². The quantitative estimate of drug-likeness (QED) is 0.413. The molecule has 1 aromatic carbocycles. The summed E-state index contributed by atoms with van der Waals surface area (Å²) in [6.45, 7) is 4.45. The van der Waals surface area contributed by atoms with E-state index in [1.807, 2.05) is 0 Å². The van der Waals surface area contributed by atoms with E-state index >= 15 is 0 Å². The molecular weight excluding hydrogens is 220 g/mol. The highest BCUT2D eigenvalue weighted by Gasteiger charge is 2.05. The molecule has 0 N–H and O–H groups in total. The average molecular weight is 236 g/mol. The zero-order chi connectivity index (χ0) is 12.5. The van der Waals surface area contributed by atoms with E-state index in [-0.39, 0.29) is 6.79 Å². The first-order valence-corrected chi connectivity index (χ1v) is 5.24. The Morgan fingerprint density at radius 2 is 2.00 bits per heavy atom. The standard InChI is InChI=1S/C13H16O4/c1-3-11-4-6-12(7-5-11)13(14)17-10-16-9-8-15-2/h3-7H,1,8-10H2,2H3. The summed E-state index contributed by atoms with van der Waals surface area (Å²) < 4.78 is 14.7. The molecule has 0 spiro atoms. The van der Waals surface area contributed by atoms with Crippen LogP contribution in [0.2, 0.25) is 0 Å². The van der Waals surface area contributed by atoms with Crippen molar-refractivity contribution in [2.24, 2.45) is 0 Å². The van der Waals surface area contributed by atoms with Gasteiger partial charge < -0.3 is 14.2 Å². The molecule has 0 saturated heterocycles. The van der Waals surface area contributed by atoms with Crippen molar-refractivity contribution in [2.45, 2.75) is 0 Å². The van der Waals surface area contributed by atoms with Crippen LogP contribution in [0.15, 0.2) is 30.8 Å². The molecule has 1 rings (SSSR count). The van der Waals surface area contributed by atoms with Crippen LogP contribution in [0, 0.1) is 0 Å². The van der Waals surface area contributed by atoms with Gasteiger partial charge in [-0.05, 0) is 17.7 Å². The fourth-order valence-corrected chi connectivity index (χ4v) is 1.13. The second-order valence-electron chi connectivity index (χ2n) is 3.28. The summed E-state index contributed by atoms with van der Waals surface area (Å²) in [5.74, 6) is -0.405. The van der Waals surface area contributed by atoms with E-state index in [0.29, 0.717) is 18.8 Å². The lowest BCUT2D eigenvalue weighted by molar-refractivity contribution is -0.0435. The Balaban J connectivity index is 2.33. The molecule has 0 bridgehead atoms. The van der Waals surface area contributed by atoms with Crippen molar-refractivity contribution < 1.29 is 19.0 Å². The maximum Gasteiger partial charge on any atom is 0.340 e. The Hall–Kier alpha value is -1.65. The summed E-state index contributed by atoms with van der Waals surface area (Å²) in [6.07, 6.45) is 1.71. The van der Waals surface area contributed by atoms with Crippen molar-refractivity contribution >= 4 is 12.0 Å². The molecule has 0 unspecified atom stereocenters. The number of methoxy groups -OCH3 is 1. The first-order chi connectivity index (χ1) is 8.27. The van der Waals surface area contributed by atoms with Crippen molar-refractivity contribution in [3.8, 4) is 0 Å². The van der Waals surface area contributed by atoms with E-state index in [4.69, 9.17) is 14.2 Å². The minimum absolute atomic E-state index is 0.0641. The second-order valence-corrected chi connectivity index (χ2v) is 3.28. The normalized spacial score (nSPS) is 9.94. The number of esters is 1.